The Morgan fingerprint density at radius 2 is 2.22 bits per heavy atom. The Labute approximate surface area is 106 Å². The summed E-state index contributed by atoms with van der Waals surface area (Å²) >= 11 is 0. The van der Waals surface area contributed by atoms with Crippen molar-refractivity contribution in [1.29, 1.82) is 0 Å². The second-order valence-corrected chi connectivity index (χ2v) is 6.69. The summed E-state index contributed by atoms with van der Waals surface area (Å²) in [6, 6.07) is 1.28. The molecule has 1 aromatic rings. The van der Waals surface area contributed by atoms with Crippen LogP contribution in [0.2, 0.25) is 0 Å². The smallest absolute Gasteiger partial charge is 0.272 e. The van der Waals surface area contributed by atoms with E-state index >= 15 is 0 Å². The molecule has 1 unspecified atom stereocenters. The summed E-state index contributed by atoms with van der Waals surface area (Å²) in [5.41, 5.74) is 0.300. The first-order valence-corrected chi connectivity index (χ1v) is 7.48. The van der Waals surface area contributed by atoms with Crippen molar-refractivity contribution in [1.82, 2.24) is 14.9 Å². The fraction of sp³-hybridized carbons (Fsp3) is 0.545. The van der Waals surface area contributed by atoms with Gasteiger partial charge in [0.05, 0.1) is 11.5 Å². The Morgan fingerprint density at radius 1 is 1.50 bits per heavy atom. The predicted octanol–water partition coefficient (Wildman–Crippen LogP) is 0.0441. The van der Waals surface area contributed by atoms with E-state index in [9.17, 15) is 13.2 Å². The van der Waals surface area contributed by atoms with Gasteiger partial charge in [-0.2, -0.15) is 0 Å². The lowest BCUT2D eigenvalue weighted by Crippen LogP contribution is -2.38. The van der Waals surface area contributed by atoms with Crippen LogP contribution in [0.4, 0.5) is 0 Å². The molecule has 1 fully saturated rings. The molecule has 0 N–H and O–H groups in total. The first kappa shape index (κ1) is 12.9. The van der Waals surface area contributed by atoms with Gasteiger partial charge in [0.2, 0.25) is 0 Å². The summed E-state index contributed by atoms with van der Waals surface area (Å²) in [5.74, 6) is 0.452. The average molecular weight is 269 g/mol. The quantitative estimate of drug-likeness (QED) is 0.757. The molecule has 18 heavy (non-hydrogen) atoms. The van der Waals surface area contributed by atoms with Crippen molar-refractivity contribution in [3.8, 4) is 0 Å². The highest BCUT2D eigenvalue weighted by Gasteiger charge is 2.33. The molecule has 0 radical (unpaired) electrons. The molecular weight excluding hydrogens is 254 g/mol. The zero-order chi connectivity index (χ0) is 13.3. The van der Waals surface area contributed by atoms with E-state index in [0.29, 0.717) is 17.9 Å². The van der Waals surface area contributed by atoms with E-state index < -0.39 is 9.84 Å². The van der Waals surface area contributed by atoms with Gasteiger partial charge in [-0.05, 0) is 19.4 Å². The molecule has 0 aliphatic carbocycles. The zero-order valence-corrected chi connectivity index (χ0v) is 11.1. The number of sulfone groups is 1. The van der Waals surface area contributed by atoms with E-state index in [1.165, 1.54) is 17.2 Å². The van der Waals surface area contributed by atoms with Crippen LogP contribution in [0, 0.1) is 6.92 Å². The summed E-state index contributed by atoms with van der Waals surface area (Å²) < 4.78 is 22.8. The lowest BCUT2D eigenvalue weighted by atomic mass is 10.2. The minimum atomic E-state index is -2.99. The number of hydrogen-bond acceptors (Lipinski definition) is 5. The molecule has 98 valence electrons. The van der Waals surface area contributed by atoms with Crippen molar-refractivity contribution in [3.63, 3.8) is 0 Å². The molecule has 1 aliphatic rings. The highest BCUT2D eigenvalue weighted by atomic mass is 32.2. The van der Waals surface area contributed by atoms with Crippen LogP contribution >= 0.6 is 0 Å². The molecule has 0 aromatic carbocycles. The molecule has 2 heterocycles. The van der Waals surface area contributed by atoms with Crippen molar-refractivity contribution in [2.75, 3.05) is 18.6 Å². The number of carbonyl (C=O) groups is 1. The Kier molecular flexibility index (Phi) is 3.34. The molecular formula is C11H15N3O3S. The third-order valence-corrected chi connectivity index (χ3v) is 4.82. The minimum Gasteiger partial charge on any atom is -0.336 e. The van der Waals surface area contributed by atoms with E-state index in [4.69, 9.17) is 0 Å². The maximum absolute atomic E-state index is 12.1. The number of aryl methyl sites for hydroxylation is 1. The highest BCUT2D eigenvalue weighted by molar-refractivity contribution is 7.91. The third-order valence-electron chi connectivity index (χ3n) is 3.07. The summed E-state index contributed by atoms with van der Waals surface area (Å²) in [6.45, 7) is 1.71. The molecule has 0 bridgehead atoms. The molecule has 7 heteroatoms. The Bertz CT molecular complexity index is 571. The topological polar surface area (TPSA) is 80.2 Å². The zero-order valence-electron chi connectivity index (χ0n) is 10.3. The van der Waals surface area contributed by atoms with Gasteiger partial charge in [0.15, 0.2) is 9.84 Å². The maximum atomic E-state index is 12.1. The summed E-state index contributed by atoms with van der Waals surface area (Å²) in [5, 5.41) is 0. The maximum Gasteiger partial charge on any atom is 0.272 e. The standard InChI is InChI=1S/C11H15N3O3S/c1-8-12-5-3-10(13-8)11(15)14(2)9-4-6-18(16,17)7-9/h3,5,9H,4,6-7H2,1-2H3. The van der Waals surface area contributed by atoms with Crippen LogP contribution in [0.5, 0.6) is 0 Å². The van der Waals surface area contributed by atoms with E-state index in [1.807, 2.05) is 0 Å². The second kappa shape index (κ2) is 4.64. The number of aromatic nitrogens is 2. The van der Waals surface area contributed by atoms with Gasteiger partial charge in [-0.3, -0.25) is 4.79 Å². The molecule has 1 saturated heterocycles. The molecule has 6 nitrogen and oxygen atoms in total. The van der Waals surface area contributed by atoms with Crippen LogP contribution in [0.25, 0.3) is 0 Å². The number of carbonyl (C=O) groups excluding carboxylic acids is 1. The van der Waals surface area contributed by atoms with Crippen LogP contribution in [0.1, 0.15) is 22.7 Å². The van der Waals surface area contributed by atoms with Gasteiger partial charge in [0, 0.05) is 19.3 Å². The molecule has 1 aliphatic heterocycles. The van der Waals surface area contributed by atoms with Gasteiger partial charge in [-0.1, -0.05) is 0 Å². The molecule has 0 spiro atoms. The van der Waals surface area contributed by atoms with Crippen LogP contribution in [-0.2, 0) is 9.84 Å². The molecule has 1 atom stereocenters. The summed E-state index contributed by atoms with van der Waals surface area (Å²) in [7, 11) is -1.37. The number of nitrogens with zero attached hydrogens (tertiary/aromatic N) is 3. The molecule has 1 aromatic heterocycles. The Morgan fingerprint density at radius 3 is 2.78 bits per heavy atom. The first-order chi connectivity index (χ1) is 8.39. The Balaban J connectivity index is 2.15. The summed E-state index contributed by atoms with van der Waals surface area (Å²) in [6.07, 6.45) is 2.02. The van der Waals surface area contributed by atoms with Crippen molar-refractivity contribution in [3.05, 3.63) is 23.8 Å². The van der Waals surface area contributed by atoms with Gasteiger partial charge in [0.1, 0.15) is 11.5 Å². The third kappa shape index (κ3) is 2.66. The van der Waals surface area contributed by atoms with Crippen LogP contribution in [0.3, 0.4) is 0 Å². The van der Waals surface area contributed by atoms with Crippen molar-refractivity contribution < 1.29 is 13.2 Å². The normalized spacial score (nSPS) is 21.8. The van der Waals surface area contributed by atoms with Crippen molar-refractivity contribution in [2.24, 2.45) is 0 Å². The summed E-state index contributed by atoms with van der Waals surface area (Å²) in [4.78, 5) is 21.6. The monoisotopic (exact) mass is 269 g/mol. The average Bonchev–Trinajstić information content (AvgIpc) is 2.68. The van der Waals surface area contributed by atoms with Gasteiger partial charge in [0.25, 0.3) is 5.91 Å². The predicted molar refractivity (Wildman–Crippen MR) is 65.9 cm³/mol. The van der Waals surface area contributed by atoms with Crippen LogP contribution in [0.15, 0.2) is 12.3 Å². The lowest BCUT2D eigenvalue weighted by Gasteiger charge is -2.22. The van der Waals surface area contributed by atoms with Crippen molar-refractivity contribution >= 4 is 15.7 Å². The van der Waals surface area contributed by atoms with E-state index in [2.05, 4.69) is 9.97 Å². The SMILES string of the molecule is Cc1nccc(C(=O)N(C)C2CCS(=O)(=O)C2)n1. The van der Waals surface area contributed by atoms with Gasteiger partial charge < -0.3 is 4.90 Å². The van der Waals surface area contributed by atoms with Gasteiger partial charge in [-0.15, -0.1) is 0 Å². The van der Waals surface area contributed by atoms with E-state index in [-0.39, 0.29) is 23.5 Å². The Hall–Kier alpha value is -1.50. The van der Waals surface area contributed by atoms with Gasteiger partial charge in [-0.25, -0.2) is 18.4 Å². The fourth-order valence-electron chi connectivity index (χ4n) is 2.00. The number of rotatable bonds is 2. The van der Waals surface area contributed by atoms with E-state index in [1.54, 1.807) is 14.0 Å². The largest absolute Gasteiger partial charge is 0.336 e. The molecule has 1 amide bonds. The minimum absolute atomic E-state index is 0.0410. The molecule has 2 rings (SSSR count). The molecule has 0 saturated carbocycles. The second-order valence-electron chi connectivity index (χ2n) is 4.46. The number of hydrogen-bond donors (Lipinski definition) is 0. The lowest BCUT2D eigenvalue weighted by molar-refractivity contribution is 0.0741. The number of amides is 1. The first-order valence-electron chi connectivity index (χ1n) is 5.66. The van der Waals surface area contributed by atoms with Gasteiger partial charge >= 0.3 is 0 Å². The fourth-order valence-corrected chi connectivity index (χ4v) is 3.78. The van der Waals surface area contributed by atoms with E-state index in [0.717, 1.165) is 0 Å². The highest BCUT2D eigenvalue weighted by Crippen LogP contribution is 2.17. The van der Waals surface area contributed by atoms with Crippen LogP contribution in [-0.4, -0.2) is 53.8 Å². The van der Waals surface area contributed by atoms with Crippen LogP contribution < -0.4 is 0 Å². The van der Waals surface area contributed by atoms with Crippen molar-refractivity contribution in [2.45, 2.75) is 19.4 Å².